The molecule has 0 saturated carbocycles. The maximum atomic E-state index is 14.4. The lowest BCUT2D eigenvalue weighted by molar-refractivity contribution is -0.183. The summed E-state index contributed by atoms with van der Waals surface area (Å²) >= 11 is 18.0. The van der Waals surface area contributed by atoms with Gasteiger partial charge < -0.3 is 5.32 Å². The molecule has 2 aliphatic rings. The van der Waals surface area contributed by atoms with Crippen molar-refractivity contribution in [3.8, 4) is 0 Å². The fourth-order valence-electron chi connectivity index (χ4n) is 4.57. The van der Waals surface area contributed by atoms with E-state index in [2.05, 4.69) is 10.3 Å². The van der Waals surface area contributed by atoms with E-state index in [1.807, 2.05) is 12.1 Å². The molecule has 4 rings (SSSR count). The van der Waals surface area contributed by atoms with Crippen molar-refractivity contribution in [2.45, 2.75) is 36.9 Å². The number of aryl methyl sites for hydroxylation is 1. The number of aliphatic imine (C=N–C) groups is 1. The minimum absolute atomic E-state index is 0.00833. The third-order valence-electron chi connectivity index (χ3n) is 6.31. The highest BCUT2D eigenvalue weighted by molar-refractivity contribution is 7.85. The van der Waals surface area contributed by atoms with Crippen molar-refractivity contribution < 1.29 is 22.2 Å². The number of halogens is 6. The molecule has 0 spiro atoms. The summed E-state index contributed by atoms with van der Waals surface area (Å²) < 4.78 is 54.4. The first kappa shape index (κ1) is 25.5. The lowest BCUT2D eigenvalue weighted by atomic mass is 9.76. The zero-order valence-corrected chi connectivity index (χ0v) is 21.0. The standard InChI is InChI=1S/C23H20Cl3F3N2O2S/c1-34(33)10-20(32)31-18-5-3-12-6-13(2-4-15(12)18)19-9-22(11-30-19,23(27,28)29)14-7-16(24)21(26)17(25)8-14/h2,4,6-8,18H,3,5,9-11H2,1H3,(H,31,32). The van der Waals surface area contributed by atoms with Gasteiger partial charge in [0.2, 0.25) is 5.91 Å². The first-order valence-electron chi connectivity index (χ1n) is 10.4. The van der Waals surface area contributed by atoms with Gasteiger partial charge in [-0.25, -0.2) is 0 Å². The topological polar surface area (TPSA) is 58.5 Å². The summed E-state index contributed by atoms with van der Waals surface area (Å²) in [5.41, 5.74) is 0.483. The molecule has 1 heterocycles. The molecule has 1 aliphatic carbocycles. The van der Waals surface area contributed by atoms with Crippen molar-refractivity contribution in [2.24, 2.45) is 4.99 Å². The van der Waals surface area contributed by atoms with Gasteiger partial charge in [0.25, 0.3) is 0 Å². The Kier molecular flexibility index (Phi) is 7.08. The second kappa shape index (κ2) is 9.45. The highest BCUT2D eigenvalue weighted by Gasteiger charge is 2.58. The number of alkyl halides is 3. The Hall–Kier alpha value is -1.61. The summed E-state index contributed by atoms with van der Waals surface area (Å²) in [5.74, 6) is -0.364. The molecule has 182 valence electrons. The van der Waals surface area contributed by atoms with E-state index < -0.39 is 28.9 Å². The van der Waals surface area contributed by atoms with Crippen LogP contribution in [0, 0.1) is 0 Å². The van der Waals surface area contributed by atoms with E-state index in [-0.39, 0.29) is 44.8 Å². The van der Waals surface area contributed by atoms with Crippen LogP contribution >= 0.6 is 34.8 Å². The molecule has 1 N–H and O–H groups in total. The van der Waals surface area contributed by atoms with E-state index >= 15 is 0 Å². The van der Waals surface area contributed by atoms with Crippen LogP contribution in [-0.4, -0.2) is 40.6 Å². The number of benzene rings is 2. The molecule has 2 aromatic rings. The van der Waals surface area contributed by atoms with Gasteiger partial charge in [-0.2, -0.15) is 13.2 Å². The fraction of sp³-hybridized carbons (Fsp3) is 0.391. The van der Waals surface area contributed by atoms with Gasteiger partial charge in [-0.1, -0.05) is 46.9 Å². The summed E-state index contributed by atoms with van der Waals surface area (Å²) in [7, 11) is -1.24. The summed E-state index contributed by atoms with van der Waals surface area (Å²) in [6.45, 7) is -0.482. The van der Waals surface area contributed by atoms with Crippen LogP contribution < -0.4 is 5.32 Å². The Bertz CT molecular complexity index is 1200. The second-order valence-corrected chi connectivity index (χ2v) is 11.2. The molecule has 3 atom stereocenters. The van der Waals surface area contributed by atoms with Crippen LogP contribution in [0.5, 0.6) is 0 Å². The second-order valence-electron chi connectivity index (χ2n) is 8.56. The van der Waals surface area contributed by atoms with Crippen LogP contribution in [0.2, 0.25) is 15.1 Å². The average molecular weight is 552 g/mol. The number of hydrogen-bond donors (Lipinski definition) is 1. The van der Waals surface area contributed by atoms with Crippen molar-refractivity contribution >= 4 is 57.2 Å². The molecule has 0 saturated heterocycles. The van der Waals surface area contributed by atoms with Crippen LogP contribution in [0.1, 0.15) is 41.1 Å². The Morgan fingerprint density at radius 3 is 2.50 bits per heavy atom. The summed E-state index contributed by atoms with van der Waals surface area (Å²) in [4.78, 5) is 16.3. The molecule has 11 heteroatoms. The van der Waals surface area contributed by atoms with Crippen LogP contribution in [0.25, 0.3) is 0 Å². The van der Waals surface area contributed by atoms with Gasteiger partial charge in [0.1, 0.15) is 11.2 Å². The van der Waals surface area contributed by atoms with Crippen molar-refractivity contribution in [1.29, 1.82) is 0 Å². The first-order valence-corrected chi connectivity index (χ1v) is 13.2. The normalized spacial score (nSPS) is 22.9. The average Bonchev–Trinajstić information content (AvgIpc) is 3.36. The Morgan fingerprint density at radius 2 is 1.88 bits per heavy atom. The molecular weight excluding hydrogens is 532 g/mol. The van der Waals surface area contributed by atoms with E-state index in [0.717, 1.165) is 11.1 Å². The predicted molar refractivity (Wildman–Crippen MR) is 130 cm³/mol. The number of hydrogen-bond acceptors (Lipinski definition) is 3. The van der Waals surface area contributed by atoms with Gasteiger partial charge in [0.15, 0.2) is 0 Å². The monoisotopic (exact) mass is 550 g/mol. The van der Waals surface area contributed by atoms with Gasteiger partial charge in [-0.05, 0) is 53.3 Å². The van der Waals surface area contributed by atoms with Gasteiger partial charge in [0, 0.05) is 29.2 Å². The summed E-state index contributed by atoms with van der Waals surface area (Å²) in [6.07, 6.45) is -2.15. The van der Waals surface area contributed by atoms with Crippen molar-refractivity contribution in [2.75, 3.05) is 18.6 Å². The van der Waals surface area contributed by atoms with Crippen LogP contribution in [0.4, 0.5) is 13.2 Å². The van der Waals surface area contributed by atoms with E-state index in [1.54, 1.807) is 6.07 Å². The Morgan fingerprint density at radius 1 is 1.21 bits per heavy atom. The number of rotatable bonds is 5. The zero-order valence-electron chi connectivity index (χ0n) is 17.9. The summed E-state index contributed by atoms with van der Waals surface area (Å²) in [5, 5.41) is 2.80. The Balaban J connectivity index is 1.60. The number of nitrogens with zero attached hydrogens (tertiary/aromatic N) is 1. The van der Waals surface area contributed by atoms with E-state index in [9.17, 15) is 22.2 Å². The Labute approximate surface area is 212 Å². The predicted octanol–water partition coefficient (Wildman–Crippen LogP) is 5.82. The molecule has 3 unspecified atom stereocenters. The van der Waals surface area contributed by atoms with Crippen molar-refractivity contribution in [1.82, 2.24) is 5.32 Å². The quantitative estimate of drug-likeness (QED) is 0.476. The molecule has 1 amide bonds. The van der Waals surface area contributed by atoms with Crippen LogP contribution in [-0.2, 0) is 27.4 Å². The minimum atomic E-state index is -4.59. The molecule has 0 fully saturated rings. The van der Waals surface area contributed by atoms with Gasteiger partial charge >= 0.3 is 6.18 Å². The minimum Gasteiger partial charge on any atom is -0.348 e. The van der Waals surface area contributed by atoms with Gasteiger partial charge in [0.05, 0.1) is 27.7 Å². The van der Waals surface area contributed by atoms with Crippen LogP contribution in [0.3, 0.4) is 0 Å². The molecule has 0 aromatic heterocycles. The smallest absolute Gasteiger partial charge is 0.348 e. The fourth-order valence-corrected chi connectivity index (χ4v) is 5.62. The van der Waals surface area contributed by atoms with Gasteiger partial charge in [-0.3, -0.25) is 14.0 Å². The molecule has 2 aromatic carbocycles. The SMILES string of the molecule is CS(=O)CC(=O)NC1CCc2cc(C3=NCC(c4cc(Cl)c(Cl)c(Cl)c4)(C(F)(F)F)C3)ccc21. The highest BCUT2D eigenvalue weighted by Crippen LogP contribution is 2.50. The highest BCUT2D eigenvalue weighted by atomic mass is 35.5. The third kappa shape index (κ3) is 4.74. The maximum absolute atomic E-state index is 14.4. The molecule has 34 heavy (non-hydrogen) atoms. The lowest BCUT2D eigenvalue weighted by Gasteiger charge is -2.32. The third-order valence-corrected chi connectivity index (χ3v) is 8.18. The molecule has 1 aliphatic heterocycles. The molecule has 4 nitrogen and oxygen atoms in total. The van der Waals surface area contributed by atoms with Crippen LogP contribution in [0.15, 0.2) is 35.3 Å². The van der Waals surface area contributed by atoms with E-state index in [1.165, 1.54) is 18.4 Å². The number of carbonyl (C=O) groups excluding carboxylic acids is 1. The molecular formula is C23H20Cl3F3N2O2S. The lowest BCUT2D eigenvalue weighted by Crippen LogP contribution is -2.43. The summed E-state index contributed by atoms with van der Waals surface area (Å²) in [6, 6.07) is 7.60. The number of amides is 1. The number of carbonyl (C=O) groups is 1. The van der Waals surface area contributed by atoms with E-state index in [0.29, 0.717) is 24.1 Å². The molecule has 0 radical (unpaired) electrons. The van der Waals surface area contributed by atoms with Gasteiger partial charge in [-0.15, -0.1) is 0 Å². The van der Waals surface area contributed by atoms with E-state index in [4.69, 9.17) is 34.8 Å². The molecule has 0 bridgehead atoms. The number of nitrogens with one attached hydrogen (secondary N) is 1. The first-order chi connectivity index (χ1) is 15.9. The van der Waals surface area contributed by atoms with Crippen molar-refractivity contribution in [3.63, 3.8) is 0 Å². The zero-order chi connectivity index (χ0) is 24.8. The number of fused-ring (bicyclic) bond motifs is 1. The van der Waals surface area contributed by atoms with Crippen molar-refractivity contribution in [3.05, 3.63) is 67.7 Å². The maximum Gasteiger partial charge on any atom is 0.400 e. The largest absolute Gasteiger partial charge is 0.400 e.